The first-order valence-corrected chi connectivity index (χ1v) is 10.5. The Kier molecular flexibility index (Phi) is 6.29. The molecule has 0 unspecified atom stereocenters. The van der Waals surface area contributed by atoms with Crippen LogP contribution in [0.2, 0.25) is 0 Å². The molecule has 1 N–H and O–H groups in total. The van der Waals surface area contributed by atoms with Crippen molar-refractivity contribution in [2.24, 2.45) is 0 Å². The lowest BCUT2D eigenvalue weighted by molar-refractivity contribution is -0.137. The van der Waals surface area contributed by atoms with Crippen molar-refractivity contribution in [3.8, 4) is 11.5 Å². The lowest BCUT2D eigenvalue weighted by Gasteiger charge is -2.12. The van der Waals surface area contributed by atoms with Gasteiger partial charge in [-0.15, -0.1) is 0 Å². The average Bonchev–Trinajstić information content (AvgIpc) is 3.17. The quantitative estimate of drug-likeness (QED) is 0.245. The van der Waals surface area contributed by atoms with Crippen molar-refractivity contribution >= 4 is 28.4 Å². The van der Waals surface area contributed by atoms with Crippen LogP contribution in [-0.4, -0.2) is 21.4 Å². The number of ether oxygens (including phenoxy) is 1. The Morgan fingerprint density at radius 2 is 1.86 bits per heavy atom. The summed E-state index contributed by atoms with van der Waals surface area (Å²) in [5.74, 6) is -0.843. The highest BCUT2D eigenvalue weighted by Gasteiger charge is 2.30. The van der Waals surface area contributed by atoms with E-state index in [1.807, 2.05) is 0 Å². The van der Waals surface area contributed by atoms with E-state index in [0.29, 0.717) is 5.69 Å². The lowest BCUT2D eigenvalue weighted by atomic mass is 10.2. The van der Waals surface area contributed by atoms with Crippen LogP contribution >= 0.6 is 0 Å². The van der Waals surface area contributed by atoms with Crippen LogP contribution in [0.25, 0.3) is 10.9 Å². The minimum absolute atomic E-state index is 0.0541. The molecule has 180 valence electrons. The number of nitrogens with zero attached hydrogens (tertiary/aromatic N) is 2. The monoisotopic (exact) mass is 485 g/mol. The topological polar surface area (TPSA) is 73.2 Å². The molecule has 0 aliphatic rings. The highest BCUT2D eigenvalue weighted by Crippen LogP contribution is 2.33. The Balaban J connectivity index is 1.64. The number of anilines is 1. The van der Waals surface area contributed by atoms with Crippen LogP contribution in [0.1, 0.15) is 35.1 Å². The Bertz CT molecular complexity index is 1440. The molecule has 10 heteroatoms. The SMILES string of the molecule is CCC(=O)c1cc(Oc2ccc3c(cc(C)n3C(=O)Nc3cccc(C(F)(F)F)c3)c2F)ccn1. The molecule has 2 heterocycles. The first-order valence-electron chi connectivity index (χ1n) is 10.5. The Morgan fingerprint density at radius 3 is 2.57 bits per heavy atom. The fourth-order valence-corrected chi connectivity index (χ4v) is 3.59. The van der Waals surface area contributed by atoms with E-state index in [1.54, 1.807) is 13.8 Å². The summed E-state index contributed by atoms with van der Waals surface area (Å²) in [7, 11) is 0. The molecule has 0 aliphatic heterocycles. The van der Waals surface area contributed by atoms with Gasteiger partial charge in [-0.25, -0.2) is 9.18 Å². The van der Waals surface area contributed by atoms with Crippen molar-refractivity contribution in [1.29, 1.82) is 0 Å². The summed E-state index contributed by atoms with van der Waals surface area (Å²) in [6.45, 7) is 3.26. The number of alkyl halides is 3. The van der Waals surface area contributed by atoms with Crippen molar-refractivity contribution in [3.63, 3.8) is 0 Å². The molecule has 6 nitrogen and oxygen atoms in total. The number of aryl methyl sites for hydroxylation is 1. The number of benzene rings is 2. The van der Waals surface area contributed by atoms with Crippen LogP contribution in [0, 0.1) is 12.7 Å². The minimum atomic E-state index is -4.56. The third kappa shape index (κ3) is 4.86. The van der Waals surface area contributed by atoms with E-state index in [4.69, 9.17) is 4.74 Å². The molecule has 35 heavy (non-hydrogen) atoms. The summed E-state index contributed by atoms with van der Waals surface area (Å²) in [4.78, 5) is 28.7. The number of aromatic nitrogens is 2. The second-order valence-electron chi connectivity index (χ2n) is 7.70. The molecule has 4 rings (SSSR count). The Hall–Kier alpha value is -4.21. The summed E-state index contributed by atoms with van der Waals surface area (Å²) in [6.07, 6.45) is -2.92. The number of amides is 1. The molecule has 0 saturated heterocycles. The van der Waals surface area contributed by atoms with E-state index in [-0.39, 0.29) is 46.0 Å². The molecule has 2 aromatic carbocycles. The normalized spacial score (nSPS) is 11.5. The van der Waals surface area contributed by atoms with Gasteiger partial charge in [-0.3, -0.25) is 14.3 Å². The zero-order chi connectivity index (χ0) is 25.3. The molecule has 1 amide bonds. The van der Waals surface area contributed by atoms with Gasteiger partial charge in [0.15, 0.2) is 17.3 Å². The maximum Gasteiger partial charge on any atom is 0.416 e. The largest absolute Gasteiger partial charge is 0.454 e. The Labute approximate surface area is 197 Å². The molecule has 0 atom stereocenters. The van der Waals surface area contributed by atoms with Crippen LogP contribution in [0.4, 0.5) is 28.0 Å². The third-order valence-electron chi connectivity index (χ3n) is 5.28. The lowest BCUT2D eigenvalue weighted by Crippen LogP contribution is -2.20. The van der Waals surface area contributed by atoms with E-state index < -0.39 is 23.6 Å². The summed E-state index contributed by atoms with van der Waals surface area (Å²) >= 11 is 0. The number of pyridine rings is 1. The maximum atomic E-state index is 15.3. The fourth-order valence-electron chi connectivity index (χ4n) is 3.59. The van der Waals surface area contributed by atoms with Crippen LogP contribution in [-0.2, 0) is 6.18 Å². The van der Waals surface area contributed by atoms with Crippen LogP contribution in [0.5, 0.6) is 11.5 Å². The van der Waals surface area contributed by atoms with E-state index in [9.17, 15) is 22.8 Å². The maximum absolute atomic E-state index is 15.3. The summed E-state index contributed by atoms with van der Waals surface area (Å²) in [5, 5.41) is 2.50. The zero-order valence-electron chi connectivity index (χ0n) is 18.6. The number of carbonyl (C=O) groups excluding carboxylic acids is 2. The molecular formula is C25H19F4N3O3. The van der Waals surface area contributed by atoms with Gasteiger partial charge >= 0.3 is 12.2 Å². The Morgan fingerprint density at radius 1 is 1.09 bits per heavy atom. The second-order valence-corrected chi connectivity index (χ2v) is 7.70. The van der Waals surface area contributed by atoms with Crippen molar-refractivity contribution in [2.45, 2.75) is 26.4 Å². The van der Waals surface area contributed by atoms with Gasteiger partial charge in [0.05, 0.1) is 11.1 Å². The number of rotatable bonds is 5. The number of fused-ring (bicyclic) bond motifs is 1. The summed E-state index contributed by atoms with van der Waals surface area (Å²) in [6, 6.07) is 10.6. The molecule has 4 aromatic rings. The number of carbonyl (C=O) groups is 2. The molecule has 0 fully saturated rings. The van der Waals surface area contributed by atoms with E-state index in [0.717, 1.165) is 16.7 Å². The highest BCUT2D eigenvalue weighted by molar-refractivity contribution is 6.00. The molecule has 0 spiro atoms. The molecule has 0 aliphatic carbocycles. The second kappa shape index (κ2) is 9.21. The van der Waals surface area contributed by atoms with Gasteiger partial charge in [0, 0.05) is 35.5 Å². The molecule has 2 aromatic heterocycles. The van der Waals surface area contributed by atoms with E-state index in [2.05, 4.69) is 10.3 Å². The fraction of sp³-hybridized carbons (Fsp3) is 0.160. The van der Waals surface area contributed by atoms with Gasteiger partial charge in [0.25, 0.3) is 0 Å². The number of Topliss-reactive ketones (excluding diaryl/α,β-unsaturated/α-hetero) is 1. The minimum Gasteiger partial charge on any atom is -0.454 e. The third-order valence-corrected chi connectivity index (χ3v) is 5.28. The van der Waals surface area contributed by atoms with Gasteiger partial charge in [-0.2, -0.15) is 13.2 Å². The van der Waals surface area contributed by atoms with E-state index in [1.165, 1.54) is 48.7 Å². The summed E-state index contributed by atoms with van der Waals surface area (Å²) in [5.41, 5.74) is -0.202. The summed E-state index contributed by atoms with van der Waals surface area (Å²) < 4.78 is 61.0. The number of hydrogen-bond donors (Lipinski definition) is 1. The number of hydrogen-bond acceptors (Lipinski definition) is 4. The number of nitrogens with one attached hydrogen (secondary N) is 1. The first kappa shape index (κ1) is 23.9. The average molecular weight is 485 g/mol. The first-order chi connectivity index (χ1) is 16.6. The van der Waals surface area contributed by atoms with Crippen LogP contribution in [0.3, 0.4) is 0 Å². The zero-order valence-corrected chi connectivity index (χ0v) is 18.6. The van der Waals surface area contributed by atoms with Gasteiger partial charge in [-0.05, 0) is 49.4 Å². The van der Waals surface area contributed by atoms with Gasteiger partial charge in [-0.1, -0.05) is 13.0 Å². The number of halogens is 4. The van der Waals surface area contributed by atoms with Gasteiger partial charge in [0.1, 0.15) is 11.4 Å². The predicted octanol–water partition coefficient (Wildman–Crippen LogP) is 6.97. The standard InChI is InChI=1S/C25H19F4N3O3/c1-3-21(33)19-13-17(9-10-30-19)35-22-8-7-20-18(23(22)26)11-14(2)32(20)24(34)31-16-6-4-5-15(12-16)25(27,28)29/h4-13H,3H2,1-2H3,(H,31,34). The van der Waals surface area contributed by atoms with Crippen LogP contribution in [0.15, 0.2) is 60.8 Å². The van der Waals surface area contributed by atoms with Crippen molar-refractivity contribution in [2.75, 3.05) is 5.32 Å². The number of ketones is 1. The van der Waals surface area contributed by atoms with Crippen molar-refractivity contribution < 1.29 is 31.9 Å². The highest BCUT2D eigenvalue weighted by atomic mass is 19.4. The van der Waals surface area contributed by atoms with Gasteiger partial charge < -0.3 is 10.1 Å². The molecule has 0 saturated carbocycles. The van der Waals surface area contributed by atoms with E-state index >= 15 is 4.39 Å². The smallest absolute Gasteiger partial charge is 0.416 e. The predicted molar refractivity (Wildman–Crippen MR) is 121 cm³/mol. The van der Waals surface area contributed by atoms with Gasteiger partial charge in [0.2, 0.25) is 0 Å². The molecular weight excluding hydrogens is 466 g/mol. The van der Waals surface area contributed by atoms with Crippen molar-refractivity contribution in [1.82, 2.24) is 9.55 Å². The van der Waals surface area contributed by atoms with Crippen molar-refractivity contribution in [3.05, 3.63) is 83.6 Å². The molecule has 0 bridgehead atoms. The van der Waals surface area contributed by atoms with Crippen LogP contribution < -0.4 is 10.1 Å². The molecule has 0 radical (unpaired) electrons.